The average molecular weight is 447 g/mol. The van der Waals surface area contributed by atoms with Crippen LogP contribution < -0.4 is 10.6 Å². The zero-order valence-corrected chi connectivity index (χ0v) is 19.3. The van der Waals surface area contributed by atoms with Crippen molar-refractivity contribution in [2.24, 2.45) is 5.73 Å². The highest BCUT2D eigenvalue weighted by Crippen LogP contribution is 2.49. The fourth-order valence-electron chi connectivity index (χ4n) is 4.12. The molecule has 4 rings (SSSR count). The van der Waals surface area contributed by atoms with E-state index in [0.717, 1.165) is 46.2 Å². The van der Waals surface area contributed by atoms with E-state index in [9.17, 15) is 4.79 Å². The summed E-state index contributed by atoms with van der Waals surface area (Å²) in [6.45, 7) is 3.16. The Morgan fingerprint density at radius 1 is 1.03 bits per heavy atom. The van der Waals surface area contributed by atoms with E-state index in [4.69, 9.17) is 10.5 Å². The number of amides is 1. The molecule has 0 fully saturated rings. The summed E-state index contributed by atoms with van der Waals surface area (Å²) < 4.78 is 6.33. The van der Waals surface area contributed by atoms with Crippen molar-refractivity contribution in [2.45, 2.75) is 42.4 Å². The highest BCUT2D eigenvalue weighted by atomic mass is 32.2. The van der Waals surface area contributed by atoms with Gasteiger partial charge in [0.1, 0.15) is 0 Å². The third kappa shape index (κ3) is 4.69. The van der Waals surface area contributed by atoms with Crippen LogP contribution in [0.5, 0.6) is 0 Å². The fourth-order valence-corrected chi connectivity index (χ4v) is 5.60. The summed E-state index contributed by atoms with van der Waals surface area (Å²) in [4.78, 5) is 16.8. The fraction of sp³-hybridized carbons (Fsp3) is 0.296. The number of benzene rings is 3. The molecule has 5 heteroatoms. The molecule has 166 valence electrons. The molecule has 0 saturated heterocycles. The summed E-state index contributed by atoms with van der Waals surface area (Å²) in [5.41, 5.74) is 7.67. The molecule has 0 radical (unpaired) electrons. The summed E-state index contributed by atoms with van der Waals surface area (Å²) in [5, 5.41) is 2.17. The minimum atomic E-state index is -0.573. The number of nitrogens with zero attached hydrogens (tertiary/aromatic N) is 1. The highest BCUT2D eigenvalue weighted by molar-refractivity contribution is 8.00. The van der Waals surface area contributed by atoms with Crippen molar-refractivity contribution in [2.75, 3.05) is 18.1 Å². The number of hydrogen-bond donors (Lipinski definition) is 1. The van der Waals surface area contributed by atoms with Crippen LogP contribution in [0.15, 0.2) is 83.9 Å². The molecule has 1 heterocycles. The molecule has 0 spiro atoms. The van der Waals surface area contributed by atoms with E-state index < -0.39 is 6.10 Å². The topological polar surface area (TPSA) is 55.6 Å². The van der Waals surface area contributed by atoms with Crippen LogP contribution >= 0.6 is 11.8 Å². The number of carbonyl (C=O) groups is 1. The zero-order chi connectivity index (χ0) is 22.3. The van der Waals surface area contributed by atoms with Crippen molar-refractivity contribution in [3.05, 3.63) is 84.6 Å². The molecule has 3 aromatic carbocycles. The van der Waals surface area contributed by atoms with Gasteiger partial charge in [-0.1, -0.05) is 80.4 Å². The first-order valence-electron chi connectivity index (χ1n) is 11.3. The molecule has 0 aromatic heterocycles. The van der Waals surface area contributed by atoms with Gasteiger partial charge in [0.15, 0.2) is 6.10 Å². The average Bonchev–Trinajstić information content (AvgIpc) is 2.95. The maximum Gasteiger partial charge on any atom is 0.257 e. The van der Waals surface area contributed by atoms with Crippen LogP contribution in [0.1, 0.15) is 37.0 Å². The third-order valence-corrected chi connectivity index (χ3v) is 7.21. The van der Waals surface area contributed by atoms with E-state index in [1.54, 1.807) is 11.8 Å². The van der Waals surface area contributed by atoms with Crippen LogP contribution in [-0.4, -0.2) is 25.2 Å². The molecule has 3 aromatic rings. The second-order valence-corrected chi connectivity index (χ2v) is 9.11. The maximum atomic E-state index is 13.9. The SMILES string of the molecule is CCCCCOC1C(=O)N(CC=CN)c2ccc3ccccc3c2SC1c1ccccc1. The summed E-state index contributed by atoms with van der Waals surface area (Å²) in [6.07, 6.45) is 5.90. The molecule has 2 unspecified atom stereocenters. The van der Waals surface area contributed by atoms with Crippen molar-refractivity contribution >= 4 is 34.1 Å². The summed E-state index contributed by atoms with van der Waals surface area (Å²) in [6, 6.07) is 22.7. The van der Waals surface area contributed by atoms with Crippen LogP contribution in [0.25, 0.3) is 10.8 Å². The largest absolute Gasteiger partial charge is 0.405 e. The van der Waals surface area contributed by atoms with Gasteiger partial charge in [0.2, 0.25) is 0 Å². The number of unbranched alkanes of at least 4 members (excludes halogenated alkanes) is 2. The summed E-state index contributed by atoms with van der Waals surface area (Å²) in [7, 11) is 0. The molecule has 4 nitrogen and oxygen atoms in total. The Morgan fingerprint density at radius 2 is 1.81 bits per heavy atom. The van der Waals surface area contributed by atoms with Crippen molar-refractivity contribution in [1.82, 2.24) is 0 Å². The molecule has 1 aliphatic rings. The number of anilines is 1. The van der Waals surface area contributed by atoms with Gasteiger partial charge < -0.3 is 15.4 Å². The Hall–Kier alpha value is -2.76. The van der Waals surface area contributed by atoms with Crippen LogP contribution in [0, 0.1) is 0 Å². The van der Waals surface area contributed by atoms with E-state index in [2.05, 4.69) is 49.4 Å². The van der Waals surface area contributed by atoms with Gasteiger partial charge in [0.05, 0.1) is 10.9 Å². The third-order valence-electron chi connectivity index (χ3n) is 5.78. The number of carbonyl (C=O) groups excluding carboxylic acids is 1. The van der Waals surface area contributed by atoms with Crippen LogP contribution in [0.4, 0.5) is 5.69 Å². The number of nitrogens with two attached hydrogens (primary N) is 1. The van der Waals surface area contributed by atoms with Gasteiger partial charge in [-0.25, -0.2) is 0 Å². The summed E-state index contributed by atoms with van der Waals surface area (Å²) >= 11 is 1.73. The number of fused-ring (bicyclic) bond motifs is 3. The Bertz CT molecular complexity index is 1080. The quantitative estimate of drug-likeness (QED) is 0.427. The number of ether oxygens (including phenoxy) is 1. The monoisotopic (exact) mass is 446 g/mol. The minimum Gasteiger partial charge on any atom is -0.405 e. The van der Waals surface area contributed by atoms with Crippen LogP contribution in [0.3, 0.4) is 0 Å². The van der Waals surface area contributed by atoms with E-state index in [1.807, 2.05) is 35.2 Å². The number of thioether (sulfide) groups is 1. The first kappa shape index (κ1) is 22.4. The predicted octanol–water partition coefficient (Wildman–Crippen LogP) is 6.07. The van der Waals surface area contributed by atoms with Gasteiger partial charge in [-0.15, -0.1) is 11.8 Å². The van der Waals surface area contributed by atoms with E-state index in [-0.39, 0.29) is 11.2 Å². The van der Waals surface area contributed by atoms with E-state index >= 15 is 0 Å². The summed E-state index contributed by atoms with van der Waals surface area (Å²) in [5.74, 6) is -0.0185. The Kier molecular flexibility index (Phi) is 7.51. The molecule has 1 aliphatic heterocycles. The zero-order valence-electron chi connectivity index (χ0n) is 18.4. The Balaban J connectivity index is 1.83. The molecule has 0 saturated carbocycles. The Labute approximate surface area is 194 Å². The smallest absolute Gasteiger partial charge is 0.257 e. The standard InChI is InChI=1S/C27H30N2O2S/c1-2-3-9-19-31-24-25(21-12-5-4-6-13-21)32-26-22-14-8-7-11-20(22)15-16-23(26)29(27(24)30)18-10-17-28/h4-8,10-17,24-25H,2-3,9,18-19,28H2,1H3. The Morgan fingerprint density at radius 3 is 2.59 bits per heavy atom. The van der Waals surface area contributed by atoms with Gasteiger partial charge in [0.25, 0.3) is 5.91 Å². The lowest BCUT2D eigenvalue weighted by molar-refractivity contribution is -0.130. The second-order valence-electron chi connectivity index (χ2n) is 7.96. The first-order valence-corrected chi connectivity index (χ1v) is 12.2. The van der Waals surface area contributed by atoms with Gasteiger partial charge in [-0.05, 0) is 41.1 Å². The molecule has 0 aliphatic carbocycles. The molecular weight excluding hydrogens is 416 g/mol. The van der Waals surface area contributed by atoms with E-state index in [1.165, 1.54) is 6.20 Å². The number of hydrogen-bond acceptors (Lipinski definition) is 4. The molecule has 1 amide bonds. The number of rotatable bonds is 8. The van der Waals surface area contributed by atoms with Gasteiger partial charge in [-0.2, -0.15) is 0 Å². The lowest BCUT2D eigenvalue weighted by Gasteiger charge is -2.27. The predicted molar refractivity (Wildman–Crippen MR) is 134 cm³/mol. The lowest BCUT2D eigenvalue weighted by Crippen LogP contribution is -2.42. The van der Waals surface area contributed by atoms with Crippen LogP contribution in [-0.2, 0) is 9.53 Å². The first-order chi connectivity index (χ1) is 15.7. The molecule has 0 bridgehead atoms. The molecule has 32 heavy (non-hydrogen) atoms. The maximum absolute atomic E-state index is 13.9. The van der Waals surface area contributed by atoms with Crippen molar-refractivity contribution in [1.29, 1.82) is 0 Å². The van der Waals surface area contributed by atoms with Crippen LogP contribution in [0.2, 0.25) is 0 Å². The van der Waals surface area contributed by atoms with Gasteiger partial charge in [0, 0.05) is 18.0 Å². The van der Waals surface area contributed by atoms with Crippen molar-refractivity contribution < 1.29 is 9.53 Å². The van der Waals surface area contributed by atoms with E-state index in [0.29, 0.717) is 13.2 Å². The molecule has 2 atom stereocenters. The lowest BCUT2D eigenvalue weighted by atomic mass is 10.1. The van der Waals surface area contributed by atoms with Gasteiger partial charge >= 0.3 is 0 Å². The molecule has 2 N–H and O–H groups in total. The molecular formula is C27H30N2O2S. The highest BCUT2D eigenvalue weighted by Gasteiger charge is 2.39. The van der Waals surface area contributed by atoms with Crippen molar-refractivity contribution in [3.8, 4) is 0 Å². The van der Waals surface area contributed by atoms with Gasteiger partial charge in [-0.3, -0.25) is 4.79 Å². The second kappa shape index (κ2) is 10.7. The van der Waals surface area contributed by atoms with Crippen molar-refractivity contribution in [3.63, 3.8) is 0 Å². The normalized spacial score (nSPS) is 18.8. The minimum absolute atomic E-state index is 0.0185.